The van der Waals surface area contributed by atoms with E-state index in [2.05, 4.69) is 5.32 Å². The fourth-order valence-corrected chi connectivity index (χ4v) is 3.80. The topological polar surface area (TPSA) is 61.8 Å². The van der Waals surface area contributed by atoms with Gasteiger partial charge >= 0.3 is 6.09 Å². The molecule has 1 aliphatic rings. The number of para-hydroxylation sites is 1. The molecule has 1 heterocycles. The summed E-state index contributed by atoms with van der Waals surface area (Å²) in [5, 5.41) is 12.6. The van der Waals surface area contributed by atoms with Crippen LogP contribution in [0.3, 0.4) is 0 Å². The average Bonchev–Trinajstić information content (AvgIpc) is 3.22. The van der Waals surface area contributed by atoms with Gasteiger partial charge in [0.05, 0.1) is 12.6 Å². The first-order valence-corrected chi connectivity index (χ1v) is 10.0. The first-order valence-electron chi connectivity index (χ1n) is 10.0. The maximum Gasteiger partial charge on any atom is 0.407 e. The second-order valence-electron chi connectivity index (χ2n) is 7.38. The summed E-state index contributed by atoms with van der Waals surface area (Å²) in [4.78, 5) is 12.7. The van der Waals surface area contributed by atoms with E-state index in [9.17, 15) is 14.3 Å². The zero-order valence-corrected chi connectivity index (χ0v) is 16.9. The van der Waals surface area contributed by atoms with Gasteiger partial charge in [0.15, 0.2) is 17.4 Å². The van der Waals surface area contributed by atoms with Gasteiger partial charge in [0, 0.05) is 17.8 Å². The van der Waals surface area contributed by atoms with Crippen LogP contribution in [0.5, 0.6) is 11.5 Å². The smallest absolute Gasteiger partial charge is 0.407 e. The molecule has 0 fully saturated rings. The Labute approximate surface area is 178 Å². The Morgan fingerprint density at radius 1 is 1.10 bits per heavy atom. The molecular formula is C24H22F2N2O3. The molecule has 1 amide bonds. The fourth-order valence-electron chi connectivity index (χ4n) is 3.80. The largest absolute Gasteiger partial charge is 0.465 e. The van der Waals surface area contributed by atoms with Crippen LogP contribution in [0, 0.1) is 11.6 Å². The molecule has 0 spiro atoms. The Hall–Kier alpha value is -3.61. The van der Waals surface area contributed by atoms with Crippen LogP contribution < -0.4 is 10.1 Å². The van der Waals surface area contributed by atoms with Gasteiger partial charge in [0.2, 0.25) is 0 Å². The van der Waals surface area contributed by atoms with Crippen molar-refractivity contribution in [1.29, 1.82) is 0 Å². The molecule has 0 saturated heterocycles. The van der Waals surface area contributed by atoms with Crippen molar-refractivity contribution >= 4 is 11.8 Å². The van der Waals surface area contributed by atoms with Gasteiger partial charge in [-0.2, -0.15) is 0 Å². The highest BCUT2D eigenvalue weighted by atomic mass is 19.1. The van der Waals surface area contributed by atoms with E-state index in [0.717, 1.165) is 16.8 Å². The minimum atomic E-state index is -0.985. The van der Waals surface area contributed by atoms with E-state index in [1.807, 2.05) is 25.1 Å². The molecule has 31 heavy (non-hydrogen) atoms. The van der Waals surface area contributed by atoms with Crippen molar-refractivity contribution in [2.24, 2.45) is 0 Å². The van der Waals surface area contributed by atoms with Crippen LogP contribution in [-0.2, 0) is 13.1 Å². The van der Waals surface area contributed by atoms with E-state index >= 15 is 4.39 Å². The first kappa shape index (κ1) is 20.7. The molecule has 3 aromatic carbocycles. The summed E-state index contributed by atoms with van der Waals surface area (Å²) in [5.74, 6) is -1.65. The summed E-state index contributed by atoms with van der Waals surface area (Å²) in [7, 11) is 0. The highest BCUT2D eigenvalue weighted by molar-refractivity contribution is 5.68. The van der Waals surface area contributed by atoms with Crippen molar-refractivity contribution < 1.29 is 23.4 Å². The molecule has 3 aromatic rings. The summed E-state index contributed by atoms with van der Waals surface area (Å²) < 4.78 is 35.2. The van der Waals surface area contributed by atoms with Gasteiger partial charge in [-0.15, -0.1) is 0 Å². The molecule has 5 nitrogen and oxygen atoms in total. The first-order chi connectivity index (χ1) is 15.0. The van der Waals surface area contributed by atoms with E-state index in [1.165, 1.54) is 17.0 Å². The number of hydrogen-bond acceptors (Lipinski definition) is 3. The zero-order valence-electron chi connectivity index (χ0n) is 16.9. The van der Waals surface area contributed by atoms with Gasteiger partial charge in [-0.1, -0.05) is 43.3 Å². The van der Waals surface area contributed by atoms with Crippen molar-refractivity contribution in [3.63, 3.8) is 0 Å². The number of nitrogens with zero attached hydrogens (tertiary/aromatic N) is 1. The third-order valence-corrected chi connectivity index (χ3v) is 5.41. The molecule has 7 heteroatoms. The molecule has 1 atom stereocenters. The van der Waals surface area contributed by atoms with Gasteiger partial charge in [0.25, 0.3) is 0 Å². The Bertz CT molecular complexity index is 1110. The van der Waals surface area contributed by atoms with Crippen molar-refractivity contribution in [2.75, 3.05) is 5.32 Å². The maximum absolute atomic E-state index is 15.3. The van der Waals surface area contributed by atoms with Crippen molar-refractivity contribution in [3.8, 4) is 11.5 Å². The Morgan fingerprint density at radius 3 is 2.58 bits per heavy atom. The number of fused-ring (bicyclic) bond motifs is 1. The van der Waals surface area contributed by atoms with Crippen LogP contribution in [0.4, 0.5) is 19.3 Å². The number of rotatable bonds is 6. The number of amides is 1. The van der Waals surface area contributed by atoms with Crippen LogP contribution >= 0.6 is 0 Å². The van der Waals surface area contributed by atoms with E-state index in [-0.39, 0.29) is 12.1 Å². The summed E-state index contributed by atoms with van der Waals surface area (Å²) in [6, 6.07) is 16.2. The molecule has 0 saturated carbocycles. The van der Waals surface area contributed by atoms with Gasteiger partial charge < -0.3 is 15.2 Å². The molecule has 160 valence electrons. The molecule has 4 rings (SSSR count). The minimum absolute atomic E-state index is 0.262. The molecule has 0 bridgehead atoms. The van der Waals surface area contributed by atoms with E-state index in [0.29, 0.717) is 18.7 Å². The molecule has 0 unspecified atom stereocenters. The van der Waals surface area contributed by atoms with Gasteiger partial charge in [-0.3, -0.25) is 4.90 Å². The normalized spacial score (nSPS) is 13.6. The third kappa shape index (κ3) is 4.17. The predicted octanol–water partition coefficient (Wildman–Crippen LogP) is 6.31. The molecule has 1 aliphatic heterocycles. The van der Waals surface area contributed by atoms with Crippen LogP contribution in [0.2, 0.25) is 0 Å². The van der Waals surface area contributed by atoms with Gasteiger partial charge in [0.1, 0.15) is 5.75 Å². The summed E-state index contributed by atoms with van der Waals surface area (Å²) in [5.41, 5.74) is 2.80. The summed E-state index contributed by atoms with van der Waals surface area (Å²) >= 11 is 0. The van der Waals surface area contributed by atoms with Crippen molar-refractivity contribution in [2.45, 2.75) is 32.5 Å². The van der Waals surface area contributed by atoms with Crippen molar-refractivity contribution in [1.82, 2.24) is 4.90 Å². The molecule has 0 aromatic heterocycles. The Kier molecular flexibility index (Phi) is 5.75. The number of carbonyl (C=O) groups is 1. The molecular weight excluding hydrogens is 402 g/mol. The fraction of sp³-hybridized carbons (Fsp3) is 0.208. The maximum atomic E-state index is 15.3. The quantitative estimate of drug-likeness (QED) is 0.487. The lowest BCUT2D eigenvalue weighted by Gasteiger charge is -2.22. The van der Waals surface area contributed by atoms with Gasteiger partial charge in [-0.05, 0) is 41.8 Å². The number of nitrogens with one attached hydrogen (secondary N) is 1. The predicted molar refractivity (Wildman–Crippen MR) is 113 cm³/mol. The third-order valence-electron chi connectivity index (χ3n) is 5.41. The molecule has 0 aliphatic carbocycles. The Morgan fingerprint density at radius 2 is 1.87 bits per heavy atom. The van der Waals surface area contributed by atoms with E-state index in [4.69, 9.17) is 4.74 Å². The SMILES string of the molecule is CC[C@H](Nc1cccc2c1CN(C(=O)O)C2)c1ccc(F)c(Oc2ccccc2)c1F. The molecule has 2 N–H and O–H groups in total. The van der Waals surface area contributed by atoms with E-state index in [1.54, 1.807) is 30.3 Å². The number of carboxylic acid groups (broad SMARTS) is 1. The van der Waals surface area contributed by atoms with Crippen LogP contribution in [0.15, 0.2) is 60.7 Å². The summed E-state index contributed by atoms with van der Waals surface area (Å²) in [6.45, 7) is 2.47. The lowest BCUT2D eigenvalue weighted by molar-refractivity contribution is 0.145. The Balaban J connectivity index is 1.64. The lowest BCUT2D eigenvalue weighted by Crippen LogP contribution is -2.22. The van der Waals surface area contributed by atoms with Crippen LogP contribution in [0.1, 0.15) is 36.1 Å². The second-order valence-corrected chi connectivity index (χ2v) is 7.38. The average molecular weight is 424 g/mol. The monoisotopic (exact) mass is 424 g/mol. The minimum Gasteiger partial charge on any atom is -0.465 e. The lowest BCUT2D eigenvalue weighted by atomic mass is 10.0. The number of anilines is 1. The summed E-state index contributed by atoms with van der Waals surface area (Å²) in [6.07, 6.45) is -0.457. The van der Waals surface area contributed by atoms with Crippen LogP contribution in [0.25, 0.3) is 0 Å². The number of hydrogen-bond donors (Lipinski definition) is 2. The van der Waals surface area contributed by atoms with Gasteiger partial charge in [-0.25, -0.2) is 13.6 Å². The zero-order chi connectivity index (χ0) is 22.0. The van der Waals surface area contributed by atoms with Crippen molar-refractivity contribution in [3.05, 3.63) is 89.0 Å². The molecule has 0 radical (unpaired) electrons. The number of ether oxygens (including phenoxy) is 1. The van der Waals surface area contributed by atoms with E-state index < -0.39 is 29.5 Å². The number of benzene rings is 3. The van der Waals surface area contributed by atoms with Crippen LogP contribution in [-0.4, -0.2) is 16.1 Å². The highest BCUT2D eigenvalue weighted by Gasteiger charge is 2.27. The standard InChI is InChI=1S/C24H22F2N2O3/c1-2-20(27-21-10-6-7-15-13-28(24(29)30)14-18(15)21)17-11-12-19(25)23(22(17)26)31-16-8-4-3-5-9-16/h3-12,20,27H,2,13-14H2,1H3,(H,29,30)/t20-/m0/s1. The second kappa shape index (κ2) is 8.63. The number of halogens is 2. The highest BCUT2D eigenvalue weighted by Crippen LogP contribution is 2.36.